The third-order valence-electron chi connectivity index (χ3n) is 4.08. The highest BCUT2D eigenvalue weighted by Crippen LogP contribution is 2.23. The molecule has 5 heteroatoms. The molecule has 2 heterocycles. The molecular weight excluding hydrogens is 286 g/mol. The molecule has 3 rings (SSSR count). The van der Waals surface area contributed by atoms with E-state index in [1.54, 1.807) is 0 Å². The van der Waals surface area contributed by atoms with E-state index in [0.717, 1.165) is 42.6 Å². The summed E-state index contributed by atoms with van der Waals surface area (Å²) < 4.78 is 5.82. The third kappa shape index (κ3) is 3.83. The van der Waals surface area contributed by atoms with E-state index in [2.05, 4.69) is 35.0 Å². The van der Waals surface area contributed by atoms with Crippen molar-refractivity contribution >= 4 is 0 Å². The Hall–Kier alpha value is -1.39. The Morgan fingerprint density at radius 3 is 2.62 bits per heavy atom. The van der Waals surface area contributed by atoms with Crippen molar-refractivity contribution in [2.75, 3.05) is 13.1 Å². The van der Waals surface area contributed by atoms with Crippen molar-refractivity contribution in [3.63, 3.8) is 0 Å². The Labute approximate surface area is 132 Å². The number of nitrogens with zero attached hydrogens (tertiary/aromatic N) is 3. The number of hydrogen-bond acceptors (Lipinski definition) is 4. The van der Waals surface area contributed by atoms with Crippen LogP contribution in [-0.4, -0.2) is 28.2 Å². The van der Waals surface area contributed by atoms with Crippen molar-refractivity contribution in [2.24, 2.45) is 5.92 Å². The van der Waals surface area contributed by atoms with Gasteiger partial charge < -0.3 is 16.8 Å². The summed E-state index contributed by atoms with van der Waals surface area (Å²) in [4.78, 5) is 2.40. The molecule has 0 spiro atoms. The van der Waals surface area contributed by atoms with Gasteiger partial charge >= 0.3 is 0 Å². The zero-order valence-corrected chi connectivity index (χ0v) is 13.3. The van der Waals surface area contributed by atoms with Crippen LogP contribution in [0.4, 0.5) is 0 Å². The lowest BCUT2D eigenvalue weighted by Crippen LogP contribution is -3.00. The minimum Gasteiger partial charge on any atom is -1.00 e. The average molecular weight is 307 g/mol. The SMILES string of the molecule is Cc1ccccc1-c1nnc(CN2CCC(C)CC2)o1.[Cl-]. The summed E-state index contributed by atoms with van der Waals surface area (Å²) in [6.07, 6.45) is 2.53. The summed E-state index contributed by atoms with van der Waals surface area (Å²) in [6, 6.07) is 8.10. The van der Waals surface area contributed by atoms with Crippen LogP contribution in [0, 0.1) is 12.8 Å². The van der Waals surface area contributed by atoms with Gasteiger partial charge in [-0.1, -0.05) is 25.1 Å². The van der Waals surface area contributed by atoms with Gasteiger partial charge in [0.2, 0.25) is 11.8 Å². The topological polar surface area (TPSA) is 42.2 Å². The Bertz CT molecular complexity index is 576. The fourth-order valence-electron chi connectivity index (χ4n) is 2.65. The predicted molar refractivity (Wildman–Crippen MR) is 78.1 cm³/mol. The van der Waals surface area contributed by atoms with Crippen LogP contribution in [0.2, 0.25) is 0 Å². The summed E-state index contributed by atoms with van der Waals surface area (Å²) in [5.74, 6) is 2.19. The molecule has 0 atom stereocenters. The summed E-state index contributed by atoms with van der Waals surface area (Å²) in [5, 5.41) is 8.37. The van der Waals surface area contributed by atoms with E-state index in [-0.39, 0.29) is 12.4 Å². The molecule has 0 N–H and O–H groups in total. The van der Waals surface area contributed by atoms with Gasteiger partial charge in [0.1, 0.15) is 0 Å². The maximum atomic E-state index is 5.82. The van der Waals surface area contributed by atoms with Crippen LogP contribution < -0.4 is 12.4 Å². The number of aryl methyl sites for hydroxylation is 1. The van der Waals surface area contributed by atoms with Gasteiger partial charge in [0.15, 0.2) is 0 Å². The molecule has 1 saturated heterocycles. The van der Waals surface area contributed by atoms with Gasteiger partial charge in [-0.05, 0) is 50.4 Å². The number of rotatable bonds is 3. The molecule has 114 valence electrons. The van der Waals surface area contributed by atoms with Crippen LogP contribution >= 0.6 is 0 Å². The normalized spacial score (nSPS) is 16.7. The molecule has 1 aliphatic heterocycles. The molecule has 0 bridgehead atoms. The summed E-state index contributed by atoms with van der Waals surface area (Å²) in [6.45, 7) is 7.41. The maximum absolute atomic E-state index is 5.82. The van der Waals surface area contributed by atoms with Gasteiger partial charge in [0.25, 0.3) is 0 Å². The van der Waals surface area contributed by atoms with Crippen LogP contribution in [0.3, 0.4) is 0 Å². The molecule has 0 amide bonds. The lowest BCUT2D eigenvalue weighted by atomic mass is 9.99. The molecule has 0 saturated carbocycles. The van der Waals surface area contributed by atoms with E-state index in [0.29, 0.717) is 5.89 Å². The number of likely N-dealkylation sites (tertiary alicyclic amines) is 1. The second-order valence-corrected chi connectivity index (χ2v) is 5.77. The molecule has 4 nitrogen and oxygen atoms in total. The molecule has 1 fully saturated rings. The van der Waals surface area contributed by atoms with E-state index in [1.807, 2.05) is 18.2 Å². The van der Waals surface area contributed by atoms with Crippen LogP contribution in [0.25, 0.3) is 11.5 Å². The first-order valence-corrected chi connectivity index (χ1v) is 7.33. The lowest BCUT2D eigenvalue weighted by Gasteiger charge is -2.28. The zero-order valence-electron chi connectivity index (χ0n) is 12.6. The average Bonchev–Trinajstić information content (AvgIpc) is 2.90. The fourth-order valence-corrected chi connectivity index (χ4v) is 2.65. The highest BCUT2D eigenvalue weighted by Gasteiger charge is 2.18. The quantitative estimate of drug-likeness (QED) is 0.817. The number of piperidine rings is 1. The molecule has 0 unspecified atom stereocenters. The van der Waals surface area contributed by atoms with Crippen LogP contribution in [-0.2, 0) is 6.54 Å². The largest absolute Gasteiger partial charge is 1.00 e. The van der Waals surface area contributed by atoms with Crippen molar-refractivity contribution < 1.29 is 16.8 Å². The van der Waals surface area contributed by atoms with Gasteiger partial charge in [-0.15, -0.1) is 10.2 Å². The molecule has 1 aromatic heterocycles. The van der Waals surface area contributed by atoms with Crippen LogP contribution in [0.5, 0.6) is 0 Å². The first-order chi connectivity index (χ1) is 9.72. The molecule has 1 aliphatic rings. The first kappa shape index (κ1) is 16.0. The Morgan fingerprint density at radius 1 is 1.19 bits per heavy atom. The van der Waals surface area contributed by atoms with E-state index in [1.165, 1.54) is 12.8 Å². The first-order valence-electron chi connectivity index (χ1n) is 7.33. The van der Waals surface area contributed by atoms with E-state index >= 15 is 0 Å². The van der Waals surface area contributed by atoms with Crippen molar-refractivity contribution in [2.45, 2.75) is 33.2 Å². The van der Waals surface area contributed by atoms with Gasteiger partial charge in [0.05, 0.1) is 6.54 Å². The number of aromatic nitrogens is 2. The molecular formula is C16H21ClN3O-. The fraction of sp³-hybridized carbons (Fsp3) is 0.500. The van der Waals surface area contributed by atoms with Gasteiger partial charge in [0, 0.05) is 5.56 Å². The minimum atomic E-state index is 0. The standard InChI is InChI=1S/C16H21N3O.ClH/c1-12-7-9-19(10-8-12)11-15-17-18-16(20-15)14-6-4-3-5-13(14)2;/h3-6,12H,7-11H2,1-2H3;1H/p-1. The maximum Gasteiger partial charge on any atom is 0.248 e. The Kier molecular flexibility index (Phi) is 5.37. The highest BCUT2D eigenvalue weighted by atomic mass is 35.5. The predicted octanol–water partition coefficient (Wildman–Crippen LogP) is 0.281. The molecule has 1 aromatic carbocycles. The molecule has 2 aromatic rings. The number of benzene rings is 1. The summed E-state index contributed by atoms with van der Waals surface area (Å²) >= 11 is 0. The molecule has 0 radical (unpaired) electrons. The van der Waals surface area contributed by atoms with E-state index < -0.39 is 0 Å². The summed E-state index contributed by atoms with van der Waals surface area (Å²) in [5.41, 5.74) is 2.19. The zero-order chi connectivity index (χ0) is 13.9. The Balaban J connectivity index is 0.00000161. The smallest absolute Gasteiger partial charge is 0.248 e. The minimum absolute atomic E-state index is 0. The van der Waals surface area contributed by atoms with Crippen molar-refractivity contribution in [3.8, 4) is 11.5 Å². The van der Waals surface area contributed by atoms with Gasteiger partial charge in [-0.2, -0.15) is 0 Å². The third-order valence-corrected chi connectivity index (χ3v) is 4.08. The number of hydrogen-bond donors (Lipinski definition) is 0. The van der Waals surface area contributed by atoms with Gasteiger partial charge in [-0.3, -0.25) is 4.90 Å². The van der Waals surface area contributed by atoms with Gasteiger partial charge in [-0.25, -0.2) is 0 Å². The van der Waals surface area contributed by atoms with E-state index in [9.17, 15) is 0 Å². The van der Waals surface area contributed by atoms with Crippen LogP contribution in [0.1, 0.15) is 31.2 Å². The Morgan fingerprint density at radius 2 is 1.90 bits per heavy atom. The van der Waals surface area contributed by atoms with Crippen molar-refractivity contribution in [1.82, 2.24) is 15.1 Å². The van der Waals surface area contributed by atoms with Crippen LogP contribution in [0.15, 0.2) is 28.7 Å². The molecule has 21 heavy (non-hydrogen) atoms. The monoisotopic (exact) mass is 306 g/mol. The van der Waals surface area contributed by atoms with Crippen molar-refractivity contribution in [3.05, 3.63) is 35.7 Å². The number of halogens is 1. The second kappa shape index (κ2) is 7.05. The lowest BCUT2D eigenvalue weighted by molar-refractivity contribution is -0.00000508. The second-order valence-electron chi connectivity index (χ2n) is 5.77. The van der Waals surface area contributed by atoms with E-state index in [4.69, 9.17) is 4.42 Å². The molecule has 0 aliphatic carbocycles. The summed E-state index contributed by atoms with van der Waals surface area (Å²) in [7, 11) is 0. The highest BCUT2D eigenvalue weighted by molar-refractivity contribution is 5.57. The van der Waals surface area contributed by atoms with Crippen molar-refractivity contribution in [1.29, 1.82) is 0 Å².